The van der Waals surface area contributed by atoms with Crippen molar-refractivity contribution in [2.24, 2.45) is 0 Å². The molecular weight excluding hydrogens is 425 g/mol. The number of benzene rings is 2. The minimum absolute atomic E-state index is 0.0217. The Morgan fingerprint density at radius 2 is 1.77 bits per heavy atom. The molecule has 0 amide bonds. The average molecular weight is 446 g/mol. The van der Waals surface area contributed by atoms with E-state index < -0.39 is 5.97 Å². The van der Waals surface area contributed by atoms with E-state index in [0.717, 1.165) is 16.9 Å². The first kappa shape index (κ1) is 21.9. The van der Waals surface area contributed by atoms with Gasteiger partial charge in [0.05, 0.1) is 7.11 Å². The van der Waals surface area contributed by atoms with Gasteiger partial charge in [-0.3, -0.25) is 0 Å². The van der Waals surface area contributed by atoms with Gasteiger partial charge in [-0.15, -0.1) is 11.8 Å². The fraction of sp³-hybridized carbons (Fsp3) is 0.190. The topological polar surface area (TPSA) is 84.3 Å². The number of hydrogen-bond acceptors (Lipinski definition) is 7. The molecule has 3 rings (SSSR count). The minimum Gasteiger partial charge on any atom is -0.497 e. The fourth-order valence-corrected chi connectivity index (χ4v) is 4.00. The van der Waals surface area contributed by atoms with Crippen molar-refractivity contribution in [1.29, 1.82) is 0 Å². The van der Waals surface area contributed by atoms with Crippen molar-refractivity contribution in [1.82, 2.24) is 9.97 Å². The Hall–Kier alpha value is -2.78. The Labute approximate surface area is 182 Å². The van der Waals surface area contributed by atoms with Crippen molar-refractivity contribution < 1.29 is 19.0 Å². The fourth-order valence-electron chi connectivity index (χ4n) is 2.60. The SMILES string of the molecule is COc1ccc(CSc2nc(SC)nc(NCc3ccc(F)cc3)c2C(=O)O)cc1. The van der Waals surface area contributed by atoms with Crippen molar-refractivity contribution in [2.75, 3.05) is 18.7 Å². The van der Waals surface area contributed by atoms with Gasteiger partial charge in [-0.05, 0) is 41.6 Å². The van der Waals surface area contributed by atoms with Gasteiger partial charge >= 0.3 is 5.97 Å². The summed E-state index contributed by atoms with van der Waals surface area (Å²) in [7, 11) is 1.61. The van der Waals surface area contributed by atoms with Gasteiger partial charge in [-0.2, -0.15) is 0 Å². The quantitative estimate of drug-likeness (QED) is 0.272. The lowest BCUT2D eigenvalue weighted by Gasteiger charge is -2.13. The monoisotopic (exact) mass is 445 g/mol. The number of nitrogens with zero attached hydrogens (tertiary/aromatic N) is 2. The van der Waals surface area contributed by atoms with Gasteiger partial charge in [0, 0.05) is 12.3 Å². The highest BCUT2D eigenvalue weighted by molar-refractivity contribution is 7.99. The van der Waals surface area contributed by atoms with E-state index in [4.69, 9.17) is 4.74 Å². The molecule has 1 aromatic heterocycles. The van der Waals surface area contributed by atoms with E-state index in [1.54, 1.807) is 19.2 Å². The largest absolute Gasteiger partial charge is 0.497 e. The molecule has 0 unspecified atom stereocenters. The van der Waals surface area contributed by atoms with Crippen molar-refractivity contribution in [2.45, 2.75) is 22.5 Å². The Morgan fingerprint density at radius 1 is 1.10 bits per heavy atom. The summed E-state index contributed by atoms with van der Waals surface area (Å²) >= 11 is 2.67. The second-order valence-corrected chi connectivity index (χ2v) is 7.90. The first-order valence-electron chi connectivity index (χ1n) is 8.93. The molecule has 6 nitrogen and oxygen atoms in total. The molecule has 0 saturated carbocycles. The van der Waals surface area contributed by atoms with Gasteiger partial charge in [0.25, 0.3) is 0 Å². The van der Waals surface area contributed by atoms with Crippen molar-refractivity contribution in [3.63, 3.8) is 0 Å². The van der Waals surface area contributed by atoms with Gasteiger partial charge in [0.1, 0.15) is 28.0 Å². The molecule has 2 N–H and O–H groups in total. The van der Waals surface area contributed by atoms with Crippen LogP contribution in [0.4, 0.5) is 10.2 Å². The molecule has 0 bridgehead atoms. The van der Waals surface area contributed by atoms with Gasteiger partial charge in [0.15, 0.2) is 5.16 Å². The Bertz CT molecular complexity index is 1020. The summed E-state index contributed by atoms with van der Waals surface area (Å²) < 4.78 is 18.3. The van der Waals surface area contributed by atoms with Crippen LogP contribution in [0.1, 0.15) is 21.5 Å². The molecule has 1 heterocycles. The molecule has 30 heavy (non-hydrogen) atoms. The van der Waals surface area contributed by atoms with Gasteiger partial charge < -0.3 is 15.2 Å². The number of carbonyl (C=O) groups is 1. The molecule has 0 saturated heterocycles. The smallest absolute Gasteiger partial charge is 0.342 e. The molecule has 0 aliphatic carbocycles. The second-order valence-electron chi connectivity index (χ2n) is 6.16. The van der Waals surface area contributed by atoms with Crippen LogP contribution >= 0.6 is 23.5 Å². The number of nitrogens with one attached hydrogen (secondary N) is 1. The molecule has 0 spiro atoms. The normalized spacial score (nSPS) is 10.6. The highest BCUT2D eigenvalue weighted by atomic mass is 32.2. The lowest BCUT2D eigenvalue weighted by Crippen LogP contribution is -2.12. The predicted molar refractivity (Wildman–Crippen MR) is 117 cm³/mol. The van der Waals surface area contributed by atoms with Crippen LogP contribution in [0.25, 0.3) is 0 Å². The molecule has 9 heteroatoms. The Balaban J connectivity index is 1.84. The zero-order valence-electron chi connectivity index (χ0n) is 16.4. The number of halogens is 1. The molecular formula is C21H20FN3O3S2. The number of aromatic nitrogens is 2. The van der Waals surface area contributed by atoms with Gasteiger partial charge in [-0.1, -0.05) is 36.0 Å². The van der Waals surface area contributed by atoms with E-state index in [1.165, 1.54) is 35.7 Å². The zero-order valence-corrected chi connectivity index (χ0v) is 18.0. The maximum Gasteiger partial charge on any atom is 0.342 e. The Kier molecular flexibility index (Phi) is 7.53. The summed E-state index contributed by atoms with van der Waals surface area (Å²) in [4.78, 5) is 20.7. The van der Waals surface area contributed by atoms with E-state index in [-0.39, 0.29) is 17.2 Å². The maximum absolute atomic E-state index is 13.1. The molecule has 0 atom stereocenters. The van der Waals surface area contributed by atoms with Crippen LogP contribution in [0.15, 0.2) is 58.7 Å². The van der Waals surface area contributed by atoms with Crippen LogP contribution in [-0.2, 0) is 12.3 Å². The van der Waals surface area contributed by atoms with E-state index in [9.17, 15) is 14.3 Å². The summed E-state index contributed by atoms with van der Waals surface area (Å²) in [5, 5.41) is 13.7. The van der Waals surface area contributed by atoms with Gasteiger partial charge in [-0.25, -0.2) is 19.2 Å². The molecule has 156 valence electrons. The number of anilines is 1. The van der Waals surface area contributed by atoms with E-state index in [0.29, 0.717) is 22.5 Å². The molecule has 0 fully saturated rings. The number of rotatable bonds is 9. The van der Waals surface area contributed by atoms with Crippen LogP contribution in [0, 0.1) is 5.82 Å². The third kappa shape index (κ3) is 5.64. The molecule has 0 aliphatic heterocycles. The van der Waals surface area contributed by atoms with Gasteiger partial charge in [0.2, 0.25) is 0 Å². The molecule has 2 aromatic carbocycles. The first-order chi connectivity index (χ1) is 14.5. The first-order valence-corrected chi connectivity index (χ1v) is 11.1. The predicted octanol–water partition coefficient (Wildman–Crippen LogP) is 4.95. The molecule has 0 radical (unpaired) electrons. The third-order valence-electron chi connectivity index (χ3n) is 4.16. The molecule has 0 aliphatic rings. The summed E-state index contributed by atoms with van der Waals surface area (Å²) in [5.74, 6) is 0.111. The summed E-state index contributed by atoms with van der Waals surface area (Å²) in [5.41, 5.74) is 1.85. The number of hydrogen-bond donors (Lipinski definition) is 2. The van der Waals surface area contributed by atoms with Crippen LogP contribution < -0.4 is 10.1 Å². The number of methoxy groups -OCH3 is 1. The summed E-state index contributed by atoms with van der Waals surface area (Å²) in [6.07, 6.45) is 1.83. The van der Waals surface area contributed by atoms with Crippen LogP contribution in [-0.4, -0.2) is 34.4 Å². The van der Waals surface area contributed by atoms with Crippen molar-refractivity contribution in [3.8, 4) is 5.75 Å². The number of aromatic carboxylic acids is 1. The lowest BCUT2D eigenvalue weighted by atomic mass is 10.2. The lowest BCUT2D eigenvalue weighted by molar-refractivity contribution is 0.0692. The second kappa shape index (κ2) is 10.3. The molecule has 3 aromatic rings. The Morgan fingerprint density at radius 3 is 2.37 bits per heavy atom. The minimum atomic E-state index is -1.11. The van der Waals surface area contributed by atoms with Crippen molar-refractivity contribution in [3.05, 3.63) is 71.0 Å². The van der Waals surface area contributed by atoms with E-state index in [1.807, 2.05) is 30.5 Å². The van der Waals surface area contributed by atoms with E-state index >= 15 is 0 Å². The standard InChI is InChI=1S/C21H20FN3O3S2/c1-28-16-9-5-14(6-10-16)12-30-19-17(20(26)27)18(24-21(25-19)29-2)23-11-13-3-7-15(22)8-4-13/h3-10H,11-12H2,1-2H3,(H,26,27)(H,23,24,25). The summed E-state index contributed by atoms with van der Waals surface area (Å²) in [6.45, 7) is 0.313. The maximum atomic E-state index is 13.1. The number of ether oxygens (including phenoxy) is 1. The van der Waals surface area contributed by atoms with Crippen molar-refractivity contribution >= 4 is 35.3 Å². The van der Waals surface area contributed by atoms with Crippen LogP contribution in [0.2, 0.25) is 0 Å². The third-order valence-corrected chi connectivity index (χ3v) is 5.75. The highest BCUT2D eigenvalue weighted by Crippen LogP contribution is 2.31. The number of carboxylic acid groups (broad SMARTS) is 1. The number of carboxylic acids is 1. The number of thioether (sulfide) groups is 2. The van der Waals surface area contributed by atoms with E-state index in [2.05, 4.69) is 15.3 Å². The highest BCUT2D eigenvalue weighted by Gasteiger charge is 2.21. The summed E-state index contributed by atoms with van der Waals surface area (Å²) in [6, 6.07) is 13.6. The average Bonchev–Trinajstić information content (AvgIpc) is 2.77. The van der Waals surface area contributed by atoms with Crippen LogP contribution in [0.3, 0.4) is 0 Å². The van der Waals surface area contributed by atoms with Crippen LogP contribution in [0.5, 0.6) is 5.75 Å². The zero-order chi connectivity index (χ0) is 21.5.